The molecule has 0 amide bonds. The summed E-state index contributed by atoms with van der Waals surface area (Å²) in [5.74, 6) is -0.483. The van der Waals surface area contributed by atoms with E-state index in [1.807, 2.05) is 6.92 Å². The molecule has 114 valence electrons. The zero-order valence-corrected chi connectivity index (χ0v) is 13.3. The molecule has 0 saturated carbocycles. The Morgan fingerprint density at radius 3 is 2.45 bits per heavy atom. The van der Waals surface area contributed by atoms with Gasteiger partial charge in [-0.25, -0.2) is 12.8 Å². The predicted molar refractivity (Wildman–Crippen MR) is 78.6 cm³/mol. The highest BCUT2D eigenvalue weighted by Crippen LogP contribution is 2.24. The molecule has 0 atom stereocenters. The Kier molecular flexibility index (Phi) is 6.10. The summed E-state index contributed by atoms with van der Waals surface area (Å²) >= 11 is 0. The average Bonchev–Trinajstić information content (AvgIpc) is 2.39. The second-order valence-electron chi connectivity index (χ2n) is 4.73. The van der Waals surface area contributed by atoms with Gasteiger partial charge in [-0.05, 0) is 38.1 Å². The van der Waals surface area contributed by atoms with Crippen molar-refractivity contribution in [1.29, 1.82) is 0 Å². The molecule has 1 rings (SSSR count). The normalized spacial score (nSPS) is 12.1. The average molecular weight is 302 g/mol. The molecule has 0 aliphatic carbocycles. The van der Waals surface area contributed by atoms with E-state index in [2.05, 4.69) is 5.32 Å². The molecule has 4 nitrogen and oxygen atoms in total. The van der Waals surface area contributed by atoms with Gasteiger partial charge in [-0.2, -0.15) is 4.31 Å². The molecule has 0 fully saturated rings. The van der Waals surface area contributed by atoms with Crippen LogP contribution in [0.25, 0.3) is 0 Å². The van der Waals surface area contributed by atoms with E-state index >= 15 is 0 Å². The van der Waals surface area contributed by atoms with Gasteiger partial charge >= 0.3 is 0 Å². The number of hydrogen-bond donors (Lipinski definition) is 1. The number of sulfonamides is 1. The maximum Gasteiger partial charge on any atom is 0.243 e. The van der Waals surface area contributed by atoms with Gasteiger partial charge in [0.25, 0.3) is 0 Å². The molecule has 0 saturated heterocycles. The molecular formula is C14H23FN2O2S. The van der Waals surface area contributed by atoms with Crippen LogP contribution >= 0.6 is 0 Å². The molecule has 0 heterocycles. The Hall–Kier alpha value is -0.980. The van der Waals surface area contributed by atoms with Crippen molar-refractivity contribution in [2.24, 2.45) is 0 Å². The van der Waals surface area contributed by atoms with E-state index in [-0.39, 0.29) is 10.5 Å². The lowest BCUT2D eigenvalue weighted by Gasteiger charge is -2.21. The van der Waals surface area contributed by atoms with E-state index in [1.54, 1.807) is 20.0 Å². The van der Waals surface area contributed by atoms with Gasteiger partial charge in [0.05, 0.1) is 4.90 Å². The van der Waals surface area contributed by atoms with Gasteiger partial charge in [-0.1, -0.05) is 13.8 Å². The van der Waals surface area contributed by atoms with Crippen LogP contribution in [0.15, 0.2) is 17.0 Å². The summed E-state index contributed by atoms with van der Waals surface area (Å²) in [6, 6.07) is 2.93. The van der Waals surface area contributed by atoms with Crippen LogP contribution in [0.2, 0.25) is 0 Å². The lowest BCUT2D eigenvalue weighted by molar-refractivity contribution is 0.426. The first-order valence-corrected chi connectivity index (χ1v) is 8.26. The van der Waals surface area contributed by atoms with Crippen molar-refractivity contribution in [2.75, 3.05) is 20.1 Å². The molecule has 0 radical (unpaired) electrons. The van der Waals surface area contributed by atoms with Crippen LogP contribution in [-0.4, -0.2) is 32.9 Å². The fourth-order valence-corrected chi connectivity index (χ4v) is 3.94. The minimum Gasteiger partial charge on any atom is -0.316 e. The maximum absolute atomic E-state index is 13.9. The molecule has 0 bridgehead atoms. The van der Waals surface area contributed by atoms with Crippen LogP contribution in [0.3, 0.4) is 0 Å². The van der Waals surface area contributed by atoms with Crippen molar-refractivity contribution < 1.29 is 12.8 Å². The van der Waals surface area contributed by atoms with E-state index in [0.717, 1.165) is 6.42 Å². The monoisotopic (exact) mass is 302 g/mol. The standard InChI is InChI=1S/C14H23FN2O2S/c1-5-7-17(6-2)20(18,19)14-9-12(10-16-4)8-13(15)11(14)3/h8-9,16H,5-7,10H2,1-4H3. The van der Waals surface area contributed by atoms with E-state index in [9.17, 15) is 12.8 Å². The van der Waals surface area contributed by atoms with Crippen LogP contribution in [0.1, 0.15) is 31.4 Å². The van der Waals surface area contributed by atoms with Crippen LogP contribution in [0.5, 0.6) is 0 Å². The molecule has 0 aliphatic rings. The summed E-state index contributed by atoms with van der Waals surface area (Å²) in [6.07, 6.45) is 0.727. The third-order valence-electron chi connectivity index (χ3n) is 3.18. The van der Waals surface area contributed by atoms with Crippen LogP contribution in [0, 0.1) is 12.7 Å². The highest BCUT2D eigenvalue weighted by molar-refractivity contribution is 7.89. The van der Waals surface area contributed by atoms with Gasteiger partial charge in [-0.3, -0.25) is 0 Å². The second kappa shape index (κ2) is 7.15. The Bertz CT molecular complexity index is 559. The van der Waals surface area contributed by atoms with Gasteiger partial charge < -0.3 is 5.32 Å². The summed E-state index contributed by atoms with van der Waals surface area (Å²) in [4.78, 5) is 0.0676. The fraction of sp³-hybridized carbons (Fsp3) is 0.571. The first-order chi connectivity index (χ1) is 9.38. The highest BCUT2D eigenvalue weighted by Gasteiger charge is 2.26. The minimum absolute atomic E-state index is 0.0676. The van der Waals surface area contributed by atoms with E-state index in [0.29, 0.717) is 25.2 Å². The molecule has 0 spiro atoms. The number of nitrogens with zero attached hydrogens (tertiary/aromatic N) is 1. The fourth-order valence-electron chi connectivity index (χ4n) is 2.12. The van der Waals surface area contributed by atoms with E-state index in [4.69, 9.17) is 0 Å². The molecule has 0 aliphatic heterocycles. The Balaban J connectivity index is 3.36. The number of nitrogens with one attached hydrogen (secondary N) is 1. The zero-order valence-electron chi connectivity index (χ0n) is 12.5. The van der Waals surface area contributed by atoms with Crippen LogP contribution in [-0.2, 0) is 16.6 Å². The smallest absolute Gasteiger partial charge is 0.243 e. The lowest BCUT2D eigenvalue weighted by Crippen LogP contribution is -2.32. The first kappa shape index (κ1) is 17.1. The summed E-state index contributed by atoms with van der Waals surface area (Å²) < 4.78 is 40.6. The zero-order chi connectivity index (χ0) is 15.3. The molecular weight excluding hydrogens is 279 g/mol. The van der Waals surface area contributed by atoms with Gasteiger partial charge in [0.2, 0.25) is 10.0 Å². The number of benzene rings is 1. The van der Waals surface area contributed by atoms with Gasteiger partial charge in [0.15, 0.2) is 0 Å². The van der Waals surface area contributed by atoms with Crippen molar-refractivity contribution in [3.8, 4) is 0 Å². The first-order valence-electron chi connectivity index (χ1n) is 6.82. The Labute approximate surface area is 121 Å². The van der Waals surface area contributed by atoms with E-state index in [1.165, 1.54) is 17.3 Å². The predicted octanol–water partition coefficient (Wildman–Crippen LogP) is 2.27. The minimum atomic E-state index is -3.64. The van der Waals surface area contributed by atoms with Crippen molar-refractivity contribution in [2.45, 2.75) is 38.6 Å². The van der Waals surface area contributed by atoms with Gasteiger partial charge in [0, 0.05) is 25.2 Å². The molecule has 6 heteroatoms. The van der Waals surface area contributed by atoms with Gasteiger partial charge in [-0.15, -0.1) is 0 Å². The molecule has 20 heavy (non-hydrogen) atoms. The molecule has 0 aromatic heterocycles. The molecule has 0 unspecified atom stereocenters. The second-order valence-corrected chi connectivity index (χ2v) is 6.63. The SMILES string of the molecule is CCCN(CC)S(=O)(=O)c1cc(CNC)cc(F)c1C. The third-order valence-corrected chi connectivity index (χ3v) is 5.28. The summed E-state index contributed by atoms with van der Waals surface area (Å²) in [5, 5.41) is 2.90. The molecule has 1 aromatic carbocycles. The number of halogens is 1. The van der Waals surface area contributed by atoms with Crippen molar-refractivity contribution in [3.05, 3.63) is 29.1 Å². The summed E-state index contributed by atoms with van der Waals surface area (Å²) in [5.41, 5.74) is 0.807. The van der Waals surface area contributed by atoms with Crippen molar-refractivity contribution in [3.63, 3.8) is 0 Å². The van der Waals surface area contributed by atoms with Crippen molar-refractivity contribution >= 4 is 10.0 Å². The number of hydrogen-bond acceptors (Lipinski definition) is 3. The number of rotatable bonds is 7. The Morgan fingerprint density at radius 2 is 1.95 bits per heavy atom. The Morgan fingerprint density at radius 1 is 1.30 bits per heavy atom. The van der Waals surface area contributed by atoms with Crippen LogP contribution < -0.4 is 5.32 Å². The highest BCUT2D eigenvalue weighted by atomic mass is 32.2. The summed E-state index contributed by atoms with van der Waals surface area (Å²) in [6.45, 7) is 6.47. The molecule has 1 aromatic rings. The molecule has 1 N–H and O–H groups in total. The lowest BCUT2D eigenvalue weighted by atomic mass is 10.1. The maximum atomic E-state index is 13.9. The van der Waals surface area contributed by atoms with Crippen molar-refractivity contribution in [1.82, 2.24) is 9.62 Å². The largest absolute Gasteiger partial charge is 0.316 e. The van der Waals surface area contributed by atoms with E-state index < -0.39 is 15.8 Å². The topological polar surface area (TPSA) is 49.4 Å². The van der Waals surface area contributed by atoms with Crippen LogP contribution in [0.4, 0.5) is 4.39 Å². The summed E-state index contributed by atoms with van der Waals surface area (Å²) in [7, 11) is -1.90. The van der Waals surface area contributed by atoms with Gasteiger partial charge in [0.1, 0.15) is 5.82 Å². The third kappa shape index (κ3) is 3.56. The quantitative estimate of drug-likeness (QED) is 0.840.